The van der Waals surface area contributed by atoms with Gasteiger partial charge in [0.25, 0.3) is 0 Å². The van der Waals surface area contributed by atoms with Crippen molar-refractivity contribution in [2.24, 2.45) is 0 Å². The molecule has 0 atom stereocenters. The Bertz CT molecular complexity index is 304. The monoisotopic (exact) mass is 449 g/mol. The molecule has 0 bridgehead atoms. The first kappa shape index (κ1) is 30.7. The third kappa shape index (κ3) is 25.9. The van der Waals surface area contributed by atoms with Crippen molar-refractivity contribution in [2.75, 3.05) is 85.7 Å². The Hall–Kier alpha value is -0.280. The third-order valence-electron chi connectivity index (χ3n) is 5.15. The van der Waals surface area contributed by atoms with Crippen LogP contribution in [0.15, 0.2) is 0 Å². The lowest BCUT2D eigenvalue weighted by atomic mass is 10.1. The number of aliphatic hydroxyl groups is 2. The third-order valence-corrected chi connectivity index (χ3v) is 5.15. The topological polar surface area (TPSA) is 80.6 Å². The molecule has 0 aromatic rings. The lowest BCUT2D eigenvalue weighted by molar-refractivity contribution is 0.0145. The van der Waals surface area contributed by atoms with Crippen LogP contribution < -0.4 is 0 Å². The summed E-state index contributed by atoms with van der Waals surface area (Å²) < 4.78 is 21.7. The predicted octanol–water partition coefficient (Wildman–Crippen LogP) is 3.26. The van der Waals surface area contributed by atoms with Gasteiger partial charge >= 0.3 is 0 Å². The van der Waals surface area contributed by atoms with Gasteiger partial charge in [-0.2, -0.15) is 0 Å². The van der Waals surface area contributed by atoms with Gasteiger partial charge in [-0.05, 0) is 13.0 Å². The van der Waals surface area contributed by atoms with Crippen molar-refractivity contribution in [1.29, 1.82) is 0 Å². The van der Waals surface area contributed by atoms with E-state index < -0.39 is 0 Å². The molecule has 2 N–H and O–H groups in total. The minimum atomic E-state index is 0.0532. The van der Waals surface area contributed by atoms with Crippen LogP contribution in [-0.2, 0) is 18.9 Å². The Kier molecular flexibility index (Phi) is 27.5. The largest absolute Gasteiger partial charge is 0.394 e. The van der Waals surface area contributed by atoms with Gasteiger partial charge in [0, 0.05) is 13.1 Å². The summed E-state index contributed by atoms with van der Waals surface area (Å²) in [5.41, 5.74) is 0. The van der Waals surface area contributed by atoms with Gasteiger partial charge in [-0.25, -0.2) is 0 Å². The number of rotatable bonds is 27. The van der Waals surface area contributed by atoms with E-state index >= 15 is 0 Å². The molecule has 0 amide bonds. The molecular weight excluding hydrogens is 398 g/mol. The zero-order valence-corrected chi connectivity index (χ0v) is 20.2. The Labute approximate surface area is 191 Å². The Balaban J connectivity index is 3.79. The maximum atomic E-state index is 8.70. The maximum absolute atomic E-state index is 8.70. The van der Waals surface area contributed by atoms with Crippen molar-refractivity contribution >= 4 is 0 Å². The second-order valence-electron chi connectivity index (χ2n) is 7.92. The molecule has 0 aliphatic heterocycles. The van der Waals surface area contributed by atoms with Gasteiger partial charge < -0.3 is 29.2 Å². The Morgan fingerprint density at radius 1 is 0.452 bits per heavy atom. The molecule has 7 nitrogen and oxygen atoms in total. The standard InChI is InChI=1S/C24H51NO6/c1-2-3-4-5-6-7-8-9-10-11-12-25(13-17-28-21-23-30-19-15-26)14-18-29-22-24-31-20-16-27/h26-27H,2-24H2,1H3. The fourth-order valence-corrected chi connectivity index (χ4v) is 3.32. The molecule has 31 heavy (non-hydrogen) atoms. The van der Waals surface area contributed by atoms with E-state index in [1.54, 1.807) is 0 Å². The molecule has 0 saturated carbocycles. The second kappa shape index (κ2) is 27.8. The molecule has 0 unspecified atom stereocenters. The van der Waals surface area contributed by atoms with Crippen LogP contribution in [0.1, 0.15) is 71.1 Å². The van der Waals surface area contributed by atoms with Crippen LogP contribution in [0, 0.1) is 0 Å². The smallest absolute Gasteiger partial charge is 0.0701 e. The zero-order chi connectivity index (χ0) is 22.7. The fraction of sp³-hybridized carbons (Fsp3) is 1.00. The molecule has 7 heteroatoms. The van der Waals surface area contributed by atoms with E-state index in [0.29, 0.717) is 52.9 Å². The Morgan fingerprint density at radius 3 is 1.26 bits per heavy atom. The van der Waals surface area contributed by atoms with E-state index in [4.69, 9.17) is 29.2 Å². The SMILES string of the molecule is CCCCCCCCCCCCN(CCOCCOCCO)CCOCCOCCO. The Morgan fingerprint density at radius 2 is 0.839 bits per heavy atom. The molecule has 0 radical (unpaired) electrons. The van der Waals surface area contributed by atoms with Crippen molar-refractivity contribution in [1.82, 2.24) is 4.90 Å². The lowest BCUT2D eigenvalue weighted by Crippen LogP contribution is -2.32. The van der Waals surface area contributed by atoms with Gasteiger partial charge in [0.15, 0.2) is 0 Å². The molecule has 0 aromatic heterocycles. The number of nitrogens with zero attached hydrogens (tertiary/aromatic N) is 1. The molecule has 0 aliphatic carbocycles. The van der Waals surface area contributed by atoms with E-state index in [1.807, 2.05) is 0 Å². The van der Waals surface area contributed by atoms with Gasteiger partial charge in [0.2, 0.25) is 0 Å². The summed E-state index contributed by atoms with van der Waals surface area (Å²) in [6.07, 6.45) is 13.5. The first-order valence-corrected chi connectivity index (χ1v) is 12.6. The number of unbranched alkanes of at least 4 members (excludes halogenated alkanes) is 9. The number of aliphatic hydroxyl groups excluding tert-OH is 2. The van der Waals surface area contributed by atoms with Crippen molar-refractivity contribution in [2.45, 2.75) is 71.1 Å². The molecule has 0 saturated heterocycles. The normalized spacial score (nSPS) is 11.6. The highest BCUT2D eigenvalue weighted by Crippen LogP contribution is 2.10. The minimum Gasteiger partial charge on any atom is -0.394 e. The summed E-state index contributed by atoms with van der Waals surface area (Å²) in [6.45, 7) is 9.50. The molecule has 0 heterocycles. The first-order chi connectivity index (χ1) is 15.3. The summed E-state index contributed by atoms with van der Waals surface area (Å²) in [5.74, 6) is 0. The second-order valence-corrected chi connectivity index (χ2v) is 7.92. The first-order valence-electron chi connectivity index (χ1n) is 12.6. The fourth-order valence-electron chi connectivity index (χ4n) is 3.32. The molecule has 0 rings (SSSR count). The van der Waals surface area contributed by atoms with Crippen LogP contribution >= 0.6 is 0 Å². The minimum absolute atomic E-state index is 0.0532. The number of hydrogen-bond donors (Lipinski definition) is 2. The average Bonchev–Trinajstić information content (AvgIpc) is 2.78. The molecule has 0 aliphatic rings. The van der Waals surface area contributed by atoms with Gasteiger partial charge in [-0.3, -0.25) is 4.90 Å². The van der Waals surface area contributed by atoms with Crippen LogP contribution in [-0.4, -0.2) is 101 Å². The van der Waals surface area contributed by atoms with E-state index in [0.717, 1.165) is 19.6 Å². The van der Waals surface area contributed by atoms with Crippen LogP contribution in [0.2, 0.25) is 0 Å². The summed E-state index contributed by atoms with van der Waals surface area (Å²) >= 11 is 0. The summed E-state index contributed by atoms with van der Waals surface area (Å²) in [4.78, 5) is 2.41. The van der Waals surface area contributed by atoms with Crippen LogP contribution in [0.5, 0.6) is 0 Å². The molecular formula is C24H51NO6. The molecule has 188 valence electrons. The van der Waals surface area contributed by atoms with Crippen LogP contribution in [0.25, 0.3) is 0 Å². The highest BCUT2D eigenvalue weighted by Gasteiger charge is 2.05. The quantitative estimate of drug-likeness (QED) is 0.186. The van der Waals surface area contributed by atoms with Crippen LogP contribution in [0.4, 0.5) is 0 Å². The van der Waals surface area contributed by atoms with E-state index in [1.165, 1.54) is 64.2 Å². The zero-order valence-electron chi connectivity index (χ0n) is 20.2. The van der Waals surface area contributed by atoms with Gasteiger partial charge in [0.1, 0.15) is 0 Å². The van der Waals surface area contributed by atoms with Gasteiger partial charge in [0.05, 0.1) is 66.1 Å². The molecule has 0 fully saturated rings. The van der Waals surface area contributed by atoms with E-state index in [9.17, 15) is 0 Å². The summed E-state index contributed by atoms with van der Waals surface area (Å²) in [6, 6.07) is 0. The summed E-state index contributed by atoms with van der Waals surface area (Å²) in [5, 5.41) is 17.4. The maximum Gasteiger partial charge on any atom is 0.0701 e. The van der Waals surface area contributed by atoms with Crippen molar-refractivity contribution in [3.63, 3.8) is 0 Å². The number of hydrogen-bond acceptors (Lipinski definition) is 7. The highest BCUT2D eigenvalue weighted by atomic mass is 16.5. The molecule has 0 spiro atoms. The van der Waals surface area contributed by atoms with Gasteiger partial charge in [-0.1, -0.05) is 64.7 Å². The van der Waals surface area contributed by atoms with Gasteiger partial charge in [-0.15, -0.1) is 0 Å². The summed E-state index contributed by atoms with van der Waals surface area (Å²) in [7, 11) is 0. The predicted molar refractivity (Wildman–Crippen MR) is 126 cm³/mol. The highest BCUT2D eigenvalue weighted by molar-refractivity contribution is 4.59. The average molecular weight is 450 g/mol. The van der Waals surface area contributed by atoms with Crippen molar-refractivity contribution in [3.05, 3.63) is 0 Å². The molecule has 0 aromatic carbocycles. The van der Waals surface area contributed by atoms with E-state index in [-0.39, 0.29) is 13.2 Å². The van der Waals surface area contributed by atoms with Crippen LogP contribution in [0.3, 0.4) is 0 Å². The lowest BCUT2D eigenvalue weighted by Gasteiger charge is -2.22. The number of ether oxygens (including phenoxy) is 4. The van der Waals surface area contributed by atoms with Crippen molar-refractivity contribution < 1.29 is 29.2 Å². The van der Waals surface area contributed by atoms with E-state index in [2.05, 4.69) is 11.8 Å². The van der Waals surface area contributed by atoms with Crippen molar-refractivity contribution in [3.8, 4) is 0 Å².